The van der Waals surface area contributed by atoms with E-state index in [9.17, 15) is 9.59 Å². The third-order valence-electron chi connectivity index (χ3n) is 2.20. The molecule has 17 heavy (non-hydrogen) atoms. The molecule has 0 unspecified atom stereocenters. The van der Waals surface area contributed by atoms with Crippen LogP contribution in [0, 0.1) is 6.92 Å². The zero-order chi connectivity index (χ0) is 12.8. The van der Waals surface area contributed by atoms with E-state index >= 15 is 0 Å². The molecule has 0 heterocycles. The van der Waals surface area contributed by atoms with E-state index in [2.05, 4.69) is 10.1 Å². The average molecular weight is 236 g/mol. The highest BCUT2D eigenvalue weighted by Gasteiger charge is 2.07. The van der Waals surface area contributed by atoms with Crippen molar-refractivity contribution in [3.05, 3.63) is 29.3 Å². The Hall–Kier alpha value is -2.04. The lowest BCUT2D eigenvalue weighted by atomic mass is 10.1. The fourth-order valence-electron chi connectivity index (χ4n) is 1.43. The Morgan fingerprint density at radius 2 is 2.06 bits per heavy atom. The summed E-state index contributed by atoms with van der Waals surface area (Å²) in [7, 11) is 1.31. The van der Waals surface area contributed by atoms with Crippen LogP contribution in [0.5, 0.6) is 0 Å². The quantitative estimate of drug-likeness (QED) is 0.600. The molecule has 1 amide bonds. The van der Waals surface area contributed by atoms with Crippen molar-refractivity contribution in [3.63, 3.8) is 0 Å². The van der Waals surface area contributed by atoms with Crippen molar-refractivity contribution >= 4 is 17.6 Å². The maximum Gasteiger partial charge on any atom is 0.307 e. The molecule has 0 aliphatic heterocycles. The van der Waals surface area contributed by atoms with E-state index in [1.54, 1.807) is 18.2 Å². The molecule has 0 saturated heterocycles. The van der Waals surface area contributed by atoms with Crippen molar-refractivity contribution in [2.24, 2.45) is 0 Å². The van der Waals surface area contributed by atoms with Gasteiger partial charge in [0.15, 0.2) is 0 Å². The van der Waals surface area contributed by atoms with Crippen LogP contribution in [0.4, 0.5) is 5.69 Å². The predicted octanol–water partition coefficient (Wildman–Crippen LogP) is 0.870. The highest BCUT2D eigenvalue weighted by atomic mass is 16.5. The SMILES string of the molecule is COC(=O)CCNC(=O)c1cc(C)cc(N)c1. The Morgan fingerprint density at radius 1 is 1.35 bits per heavy atom. The summed E-state index contributed by atoms with van der Waals surface area (Å²) < 4.78 is 4.47. The number of nitrogens with two attached hydrogens (primary N) is 1. The van der Waals surface area contributed by atoms with Crippen molar-refractivity contribution in [2.45, 2.75) is 13.3 Å². The molecule has 3 N–H and O–H groups in total. The van der Waals surface area contributed by atoms with E-state index in [-0.39, 0.29) is 24.8 Å². The van der Waals surface area contributed by atoms with Crippen LogP contribution >= 0.6 is 0 Å². The Morgan fingerprint density at radius 3 is 2.65 bits per heavy atom. The van der Waals surface area contributed by atoms with Crippen molar-refractivity contribution in [1.29, 1.82) is 0 Å². The molecule has 5 nitrogen and oxygen atoms in total. The Labute approximate surface area is 99.9 Å². The number of amides is 1. The minimum atomic E-state index is -0.353. The summed E-state index contributed by atoms with van der Waals surface area (Å²) >= 11 is 0. The van der Waals surface area contributed by atoms with E-state index in [4.69, 9.17) is 5.73 Å². The number of aryl methyl sites for hydroxylation is 1. The fourth-order valence-corrected chi connectivity index (χ4v) is 1.43. The number of benzene rings is 1. The van der Waals surface area contributed by atoms with Gasteiger partial charge in [0.25, 0.3) is 5.91 Å². The Balaban J connectivity index is 2.55. The first-order chi connectivity index (χ1) is 8.02. The van der Waals surface area contributed by atoms with Crippen molar-refractivity contribution in [1.82, 2.24) is 5.32 Å². The van der Waals surface area contributed by atoms with Gasteiger partial charge < -0.3 is 15.8 Å². The largest absolute Gasteiger partial charge is 0.469 e. The molecule has 0 aliphatic carbocycles. The van der Waals surface area contributed by atoms with E-state index in [0.717, 1.165) is 5.56 Å². The zero-order valence-corrected chi connectivity index (χ0v) is 9.95. The first-order valence-electron chi connectivity index (χ1n) is 5.25. The number of hydrogen-bond acceptors (Lipinski definition) is 4. The molecule has 0 radical (unpaired) electrons. The van der Waals surface area contributed by atoms with Gasteiger partial charge in [-0.05, 0) is 30.7 Å². The molecule has 1 aromatic rings. The minimum Gasteiger partial charge on any atom is -0.469 e. The number of nitrogen functional groups attached to an aromatic ring is 1. The van der Waals surface area contributed by atoms with Crippen LogP contribution in [-0.2, 0) is 9.53 Å². The van der Waals surface area contributed by atoms with Crippen LogP contribution in [0.2, 0.25) is 0 Å². The van der Waals surface area contributed by atoms with Crippen molar-refractivity contribution < 1.29 is 14.3 Å². The lowest BCUT2D eigenvalue weighted by Gasteiger charge is -2.06. The number of methoxy groups -OCH3 is 1. The van der Waals surface area contributed by atoms with Crippen molar-refractivity contribution in [2.75, 3.05) is 19.4 Å². The lowest BCUT2D eigenvalue weighted by Crippen LogP contribution is -2.26. The molecule has 0 spiro atoms. The summed E-state index contributed by atoms with van der Waals surface area (Å²) in [4.78, 5) is 22.5. The first kappa shape index (κ1) is 13.0. The first-order valence-corrected chi connectivity index (χ1v) is 5.25. The van der Waals surface area contributed by atoms with Gasteiger partial charge in [-0.2, -0.15) is 0 Å². The predicted molar refractivity (Wildman–Crippen MR) is 64.6 cm³/mol. The number of carbonyl (C=O) groups is 2. The third-order valence-corrected chi connectivity index (χ3v) is 2.20. The molecule has 1 rings (SSSR count). The van der Waals surface area contributed by atoms with Gasteiger partial charge in [-0.25, -0.2) is 0 Å². The van der Waals surface area contributed by atoms with Crippen LogP contribution in [0.1, 0.15) is 22.3 Å². The molecule has 0 aromatic heterocycles. The standard InChI is InChI=1S/C12H16N2O3/c1-8-5-9(7-10(13)6-8)12(16)14-4-3-11(15)17-2/h5-7H,3-4,13H2,1-2H3,(H,14,16). The molecular formula is C12H16N2O3. The molecule has 0 saturated carbocycles. The topological polar surface area (TPSA) is 81.4 Å². The normalized spacial score (nSPS) is 9.76. The Bertz CT molecular complexity index is 410. The molecular weight excluding hydrogens is 220 g/mol. The summed E-state index contributed by atoms with van der Waals surface area (Å²) in [5, 5.41) is 2.62. The van der Waals surface area contributed by atoms with Gasteiger partial charge in [-0.1, -0.05) is 0 Å². The molecule has 0 fully saturated rings. The molecule has 0 bridgehead atoms. The number of esters is 1. The summed E-state index contributed by atoms with van der Waals surface area (Å²) in [6, 6.07) is 5.12. The smallest absolute Gasteiger partial charge is 0.307 e. The third kappa shape index (κ3) is 4.14. The highest BCUT2D eigenvalue weighted by molar-refractivity contribution is 5.95. The molecule has 0 aliphatic rings. The van der Waals surface area contributed by atoms with E-state index in [1.807, 2.05) is 6.92 Å². The second kappa shape index (κ2) is 5.89. The van der Waals surface area contributed by atoms with Crippen LogP contribution in [0.25, 0.3) is 0 Å². The lowest BCUT2D eigenvalue weighted by molar-refractivity contribution is -0.140. The number of hydrogen-bond donors (Lipinski definition) is 2. The maximum atomic E-state index is 11.7. The van der Waals surface area contributed by atoms with Gasteiger partial charge in [0.1, 0.15) is 0 Å². The summed E-state index contributed by atoms with van der Waals surface area (Å²) in [6.07, 6.45) is 0.156. The second-order valence-electron chi connectivity index (χ2n) is 3.71. The van der Waals surface area contributed by atoms with Crippen LogP contribution in [-0.4, -0.2) is 25.5 Å². The zero-order valence-electron chi connectivity index (χ0n) is 9.95. The monoisotopic (exact) mass is 236 g/mol. The molecule has 92 valence electrons. The maximum absolute atomic E-state index is 11.7. The summed E-state index contributed by atoms with van der Waals surface area (Å²) in [5.74, 6) is -0.599. The van der Waals surface area contributed by atoms with Crippen LogP contribution in [0.15, 0.2) is 18.2 Å². The van der Waals surface area contributed by atoms with Gasteiger partial charge in [-0.15, -0.1) is 0 Å². The number of ether oxygens (including phenoxy) is 1. The van der Waals surface area contributed by atoms with Gasteiger partial charge in [0, 0.05) is 17.8 Å². The average Bonchev–Trinajstić information content (AvgIpc) is 2.27. The van der Waals surface area contributed by atoms with Gasteiger partial charge in [0.2, 0.25) is 0 Å². The second-order valence-corrected chi connectivity index (χ2v) is 3.71. The van der Waals surface area contributed by atoms with E-state index in [1.165, 1.54) is 7.11 Å². The van der Waals surface area contributed by atoms with Crippen LogP contribution in [0.3, 0.4) is 0 Å². The fraction of sp³-hybridized carbons (Fsp3) is 0.333. The number of carbonyl (C=O) groups excluding carboxylic acids is 2. The summed E-state index contributed by atoms with van der Waals surface area (Å²) in [6.45, 7) is 2.11. The Kier molecular flexibility index (Phi) is 4.51. The van der Waals surface area contributed by atoms with Gasteiger partial charge >= 0.3 is 5.97 Å². The van der Waals surface area contributed by atoms with Gasteiger partial charge in [-0.3, -0.25) is 9.59 Å². The molecule has 5 heteroatoms. The van der Waals surface area contributed by atoms with Crippen molar-refractivity contribution in [3.8, 4) is 0 Å². The van der Waals surface area contributed by atoms with E-state index in [0.29, 0.717) is 11.3 Å². The minimum absolute atomic E-state index is 0.156. The molecule has 0 atom stereocenters. The van der Waals surface area contributed by atoms with E-state index < -0.39 is 0 Å². The number of anilines is 1. The van der Waals surface area contributed by atoms with Gasteiger partial charge in [0.05, 0.1) is 13.5 Å². The highest BCUT2D eigenvalue weighted by Crippen LogP contribution is 2.10. The number of rotatable bonds is 4. The van der Waals surface area contributed by atoms with Crippen LogP contribution < -0.4 is 11.1 Å². The number of nitrogens with one attached hydrogen (secondary N) is 1. The summed E-state index contributed by atoms with van der Waals surface area (Å²) in [5.41, 5.74) is 7.60. The molecule has 1 aromatic carbocycles.